The van der Waals surface area contributed by atoms with E-state index in [9.17, 15) is 14.0 Å². The number of carbonyl (C=O) groups is 2. The van der Waals surface area contributed by atoms with Crippen LogP contribution in [0.15, 0.2) is 18.2 Å². The smallest absolute Gasteiger partial charge is 0.254 e. The summed E-state index contributed by atoms with van der Waals surface area (Å²) >= 11 is 0. The lowest BCUT2D eigenvalue weighted by Crippen LogP contribution is -2.37. The number of benzene rings is 1. The molecule has 0 aliphatic heterocycles. The lowest BCUT2D eigenvalue weighted by atomic mass is 10.1. The number of carbonyl (C=O) groups excluding carboxylic acids is 2. The normalized spacial score (nSPS) is 15.0. The van der Waals surface area contributed by atoms with Crippen LogP contribution < -0.4 is 16.0 Å². The van der Waals surface area contributed by atoms with E-state index in [2.05, 4.69) is 16.0 Å². The van der Waals surface area contributed by atoms with Crippen LogP contribution in [0.5, 0.6) is 0 Å². The van der Waals surface area contributed by atoms with Gasteiger partial charge in [-0.2, -0.15) is 0 Å². The molecule has 2 rings (SSSR count). The van der Waals surface area contributed by atoms with E-state index in [4.69, 9.17) is 0 Å². The van der Waals surface area contributed by atoms with Gasteiger partial charge in [0.15, 0.2) is 0 Å². The third-order valence-electron chi connectivity index (χ3n) is 4.23. The number of anilines is 1. The fraction of sp³-hybridized carbons (Fsp3) is 0.556. The van der Waals surface area contributed by atoms with E-state index >= 15 is 0 Å². The Labute approximate surface area is 154 Å². The predicted molar refractivity (Wildman–Crippen MR) is 99.8 cm³/mol. The molecule has 0 saturated heterocycles. The molecule has 1 aromatic carbocycles. The van der Waals surface area contributed by atoms with Gasteiger partial charge in [0.25, 0.3) is 5.91 Å². The molecule has 1 aliphatic rings. The van der Waals surface area contributed by atoms with Crippen LogP contribution in [0.3, 0.4) is 0 Å². The van der Waals surface area contributed by atoms with Gasteiger partial charge in [0, 0.05) is 31.7 Å². The standard InChI is InChI=1S/C18H26FN3O2.ClH/c1-13(23)22-15-8-9-17(19)16(12-15)18(24)21-11-10-20-14-6-4-2-3-5-7-14;/h8-9,12,14,20H,2-7,10-11H2,1H3,(H,21,24)(H,22,23);1H. The van der Waals surface area contributed by atoms with Crippen molar-refractivity contribution < 1.29 is 14.0 Å². The van der Waals surface area contributed by atoms with E-state index in [0.29, 0.717) is 24.8 Å². The third kappa shape index (κ3) is 7.40. The molecule has 0 aromatic heterocycles. The Bertz CT molecular complexity index is 575. The van der Waals surface area contributed by atoms with Crippen LogP contribution in [0.4, 0.5) is 10.1 Å². The Balaban J connectivity index is 0.00000312. The highest BCUT2D eigenvalue weighted by molar-refractivity contribution is 5.97. The Morgan fingerprint density at radius 1 is 1.12 bits per heavy atom. The molecule has 1 aromatic rings. The van der Waals surface area contributed by atoms with Crippen LogP contribution in [-0.4, -0.2) is 30.9 Å². The van der Waals surface area contributed by atoms with Gasteiger partial charge in [0.1, 0.15) is 5.82 Å². The fourth-order valence-electron chi connectivity index (χ4n) is 3.01. The van der Waals surface area contributed by atoms with E-state index in [1.54, 1.807) is 0 Å². The minimum Gasteiger partial charge on any atom is -0.351 e. The van der Waals surface area contributed by atoms with Crippen LogP contribution in [0.2, 0.25) is 0 Å². The summed E-state index contributed by atoms with van der Waals surface area (Å²) in [6.07, 6.45) is 7.48. The average molecular weight is 372 g/mol. The first-order valence-electron chi connectivity index (χ1n) is 8.65. The predicted octanol–water partition coefficient (Wildman–Crippen LogP) is 3.25. The summed E-state index contributed by atoms with van der Waals surface area (Å²) in [5.41, 5.74) is 0.348. The average Bonchev–Trinajstić information content (AvgIpc) is 2.81. The zero-order chi connectivity index (χ0) is 17.4. The summed E-state index contributed by atoms with van der Waals surface area (Å²) in [4.78, 5) is 23.2. The quantitative estimate of drug-likeness (QED) is 0.531. The molecule has 1 fully saturated rings. The molecular formula is C18H27ClFN3O2. The maximum atomic E-state index is 13.8. The summed E-state index contributed by atoms with van der Waals surface area (Å²) in [6, 6.07) is 4.49. The molecule has 2 amide bonds. The third-order valence-corrected chi connectivity index (χ3v) is 4.23. The molecule has 25 heavy (non-hydrogen) atoms. The monoisotopic (exact) mass is 371 g/mol. The first-order valence-corrected chi connectivity index (χ1v) is 8.65. The Morgan fingerprint density at radius 3 is 2.44 bits per heavy atom. The highest BCUT2D eigenvalue weighted by Crippen LogP contribution is 2.17. The van der Waals surface area contributed by atoms with Crippen molar-refractivity contribution in [2.24, 2.45) is 0 Å². The van der Waals surface area contributed by atoms with Gasteiger partial charge in [0.2, 0.25) is 5.91 Å². The Kier molecular flexibility index (Phi) is 9.45. The molecule has 1 saturated carbocycles. The SMILES string of the molecule is CC(=O)Nc1ccc(F)c(C(=O)NCCNC2CCCCCC2)c1.Cl. The van der Waals surface area contributed by atoms with Crippen molar-refractivity contribution in [2.45, 2.75) is 51.5 Å². The lowest BCUT2D eigenvalue weighted by Gasteiger charge is -2.16. The molecule has 7 heteroatoms. The van der Waals surface area contributed by atoms with Crippen molar-refractivity contribution in [3.63, 3.8) is 0 Å². The fourth-order valence-corrected chi connectivity index (χ4v) is 3.01. The molecule has 5 nitrogen and oxygen atoms in total. The summed E-state index contributed by atoms with van der Waals surface area (Å²) in [5.74, 6) is -1.33. The summed E-state index contributed by atoms with van der Waals surface area (Å²) in [7, 11) is 0. The lowest BCUT2D eigenvalue weighted by molar-refractivity contribution is -0.114. The number of nitrogens with one attached hydrogen (secondary N) is 3. The second kappa shape index (κ2) is 11.1. The first-order chi connectivity index (χ1) is 11.6. The van der Waals surface area contributed by atoms with Crippen molar-refractivity contribution in [1.29, 1.82) is 0 Å². The van der Waals surface area contributed by atoms with Gasteiger partial charge in [-0.25, -0.2) is 4.39 Å². The Morgan fingerprint density at radius 2 is 1.80 bits per heavy atom. The molecule has 0 unspecified atom stereocenters. The van der Waals surface area contributed by atoms with Crippen molar-refractivity contribution in [3.8, 4) is 0 Å². The molecule has 0 radical (unpaired) electrons. The largest absolute Gasteiger partial charge is 0.351 e. The highest BCUT2D eigenvalue weighted by Gasteiger charge is 2.14. The van der Waals surface area contributed by atoms with Gasteiger partial charge >= 0.3 is 0 Å². The van der Waals surface area contributed by atoms with Crippen molar-refractivity contribution in [3.05, 3.63) is 29.6 Å². The van der Waals surface area contributed by atoms with E-state index in [-0.39, 0.29) is 23.9 Å². The van der Waals surface area contributed by atoms with E-state index < -0.39 is 11.7 Å². The summed E-state index contributed by atoms with van der Waals surface area (Å²) < 4.78 is 13.8. The van der Waals surface area contributed by atoms with Gasteiger partial charge < -0.3 is 16.0 Å². The molecule has 1 aliphatic carbocycles. The maximum absolute atomic E-state index is 13.8. The van der Waals surface area contributed by atoms with Crippen LogP contribution in [-0.2, 0) is 4.79 Å². The zero-order valence-corrected chi connectivity index (χ0v) is 15.4. The first kappa shape index (κ1) is 21.4. The molecule has 0 heterocycles. The van der Waals surface area contributed by atoms with Gasteiger partial charge in [-0.05, 0) is 31.0 Å². The minimum absolute atomic E-state index is 0. The van der Waals surface area contributed by atoms with E-state index in [1.165, 1.54) is 63.6 Å². The summed E-state index contributed by atoms with van der Waals surface area (Å²) in [5, 5.41) is 8.72. The zero-order valence-electron chi connectivity index (χ0n) is 14.6. The molecule has 0 bridgehead atoms. The number of rotatable bonds is 6. The highest BCUT2D eigenvalue weighted by atomic mass is 35.5. The van der Waals surface area contributed by atoms with Crippen molar-refractivity contribution in [2.75, 3.05) is 18.4 Å². The van der Waals surface area contributed by atoms with Gasteiger partial charge in [-0.15, -0.1) is 12.4 Å². The van der Waals surface area contributed by atoms with Crippen molar-refractivity contribution in [1.82, 2.24) is 10.6 Å². The van der Waals surface area contributed by atoms with Crippen LogP contribution in [0, 0.1) is 5.82 Å². The van der Waals surface area contributed by atoms with E-state index in [1.807, 2.05) is 0 Å². The van der Waals surface area contributed by atoms with Crippen LogP contribution in [0.25, 0.3) is 0 Å². The molecule has 0 spiro atoms. The van der Waals surface area contributed by atoms with Gasteiger partial charge in [0.05, 0.1) is 5.56 Å². The van der Waals surface area contributed by atoms with Gasteiger partial charge in [-0.3, -0.25) is 9.59 Å². The minimum atomic E-state index is -0.599. The van der Waals surface area contributed by atoms with Crippen LogP contribution in [0.1, 0.15) is 55.8 Å². The topological polar surface area (TPSA) is 70.2 Å². The number of halogens is 2. The number of hydrogen-bond acceptors (Lipinski definition) is 3. The Hall–Kier alpha value is -1.66. The molecule has 140 valence electrons. The second-order valence-electron chi connectivity index (χ2n) is 6.27. The maximum Gasteiger partial charge on any atom is 0.254 e. The molecular weight excluding hydrogens is 345 g/mol. The number of amides is 2. The molecule has 3 N–H and O–H groups in total. The van der Waals surface area contributed by atoms with E-state index in [0.717, 1.165) is 0 Å². The van der Waals surface area contributed by atoms with Gasteiger partial charge in [-0.1, -0.05) is 25.7 Å². The van der Waals surface area contributed by atoms with Crippen molar-refractivity contribution >= 4 is 29.9 Å². The number of hydrogen-bond donors (Lipinski definition) is 3. The second-order valence-corrected chi connectivity index (χ2v) is 6.27. The van der Waals surface area contributed by atoms with Crippen LogP contribution >= 0.6 is 12.4 Å². The summed E-state index contributed by atoms with van der Waals surface area (Å²) in [6.45, 7) is 2.48. The molecule has 0 atom stereocenters.